The molecule has 1 aliphatic rings. The molecule has 0 spiro atoms. The van der Waals surface area contributed by atoms with Gasteiger partial charge in [-0.2, -0.15) is 8.78 Å². The molecular weight excluding hydrogens is 440 g/mol. The first-order valence-electron chi connectivity index (χ1n) is 10.3. The first-order valence-corrected chi connectivity index (χ1v) is 11.7. The van der Waals surface area contributed by atoms with Crippen LogP contribution in [-0.4, -0.2) is 32.8 Å². The highest BCUT2D eigenvalue weighted by Crippen LogP contribution is 2.24. The summed E-state index contributed by atoms with van der Waals surface area (Å²) >= 11 is 0. The Hall–Kier alpha value is -3.01. The zero-order valence-corrected chi connectivity index (χ0v) is 18.5. The van der Waals surface area contributed by atoms with Gasteiger partial charge >= 0.3 is 6.61 Å². The lowest BCUT2D eigenvalue weighted by molar-refractivity contribution is -0.123. The number of hydrogen-bond donors (Lipinski definition) is 2. The van der Waals surface area contributed by atoms with Gasteiger partial charge in [-0.3, -0.25) is 14.5 Å². The average Bonchev–Trinajstić information content (AvgIpc) is 3.01. The minimum atomic E-state index is -3.72. The summed E-state index contributed by atoms with van der Waals surface area (Å²) in [7, 11) is -3.72. The Bertz CT molecular complexity index is 1110. The normalized spacial score (nSPS) is 17.5. The fourth-order valence-corrected chi connectivity index (χ4v) is 4.63. The second kappa shape index (κ2) is 10.1. The number of benzene rings is 2. The Morgan fingerprint density at radius 2 is 1.94 bits per heavy atom. The van der Waals surface area contributed by atoms with Crippen molar-refractivity contribution >= 4 is 21.8 Å². The molecule has 0 aliphatic carbocycles. The lowest BCUT2D eigenvalue weighted by Crippen LogP contribution is -2.37. The first kappa shape index (κ1) is 23.6. The molecule has 0 radical (unpaired) electrons. The zero-order valence-electron chi connectivity index (χ0n) is 17.7. The van der Waals surface area contributed by atoms with Gasteiger partial charge in [-0.15, -0.1) is 0 Å². The quantitative estimate of drug-likeness (QED) is 0.589. The van der Waals surface area contributed by atoms with Crippen LogP contribution in [0.1, 0.15) is 50.3 Å². The molecular formula is C22H25F2N3O4S. The van der Waals surface area contributed by atoms with Gasteiger partial charge in [0.15, 0.2) is 0 Å². The van der Waals surface area contributed by atoms with E-state index < -0.39 is 28.7 Å². The number of carbonyl (C=O) groups excluding carboxylic acids is 1. The topological polar surface area (TPSA) is 96.9 Å². The van der Waals surface area contributed by atoms with Crippen molar-refractivity contribution in [2.45, 2.75) is 56.7 Å². The third-order valence-electron chi connectivity index (χ3n) is 5.02. The lowest BCUT2D eigenvalue weighted by Gasteiger charge is -2.19. The number of fused-ring (bicyclic) bond motifs is 1. The molecule has 1 amide bonds. The number of halogens is 2. The van der Waals surface area contributed by atoms with Crippen molar-refractivity contribution in [3.8, 4) is 5.75 Å². The van der Waals surface area contributed by atoms with Gasteiger partial charge in [0.25, 0.3) is 10.0 Å². The standard InChI is InChI=1S/C22H25F2N3O4S/c1-3-4-11-18(26-20-17-10-5-6-12-19(17)32(29,30)27-20)21(28)25-14(2)15-8-7-9-16(13-15)31-22(23)24/h5-10,12-14,18,22H,3-4,11H2,1-2H3,(H,25,28)(H,26,27). The minimum absolute atomic E-state index is 0.00153. The summed E-state index contributed by atoms with van der Waals surface area (Å²) in [6.45, 7) is 0.756. The van der Waals surface area contributed by atoms with Gasteiger partial charge < -0.3 is 10.1 Å². The van der Waals surface area contributed by atoms with Gasteiger partial charge in [-0.05, 0) is 43.2 Å². The van der Waals surface area contributed by atoms with Crippen LogP contribution < -0.4 is 14.8 Å². The molecule has 0 bridgehead atoms. The molecule has 0 aromatic heterocycles. The summed E-state index contributed by atoms with van der Waals surface area (Å²) in [6, 6.07) is 11.2. The van der Waals surface area contributed by atoms with Crippen LogP contribution in [0.25, 0.3) is 0 Å². The maximum atomic E-state index is 13.0. The van der Waals surface area contributed by atoms with Gasteiger partial charge in [0.2, 0.25) is 5.91 Å². The number of sulfonamides is 1. The summed E-state index contributed by atoms with van der Waals surface area (Å²) in [6.07, 6.45) is 1.98. The number of nitrogens with zero attached hydrogens (tertiary/aromatic N) is 1. The summed E-state index contributed by atoms with van der Waals surface area (Å²) in [5.41, 5.74) is 1.01. The number of carbonyl (C=O) groups is 1. The van der Waals surface area contributed by atoms with Crippen molar-refractivity contribution in [3.05, 3.63) is 59.7 Å². The number of alkyl halides is 2. The molecule has 2 unspecified atom stereocenters. The molecule has 10 heteroatoms. The number of rotatable bonds is 9. The largest absolute Gasteiger partial charge is 0.435 e. The SMILES string of the molecule is CCCCC(N=C1NS(=O)(=O)c2ccccc21)C(=O)NC(C)c1cccc(OC(F)F)c1. The molecule has 2 aromatic rings. The van der Waals surface area contributed by atoms with E-state index in [1.54, 1.807) is 37.3 Å². The highest BCUT2D eigenvalue weighted by molar-refractivity contribution is 7.90. The van der Waals surface area contributed by atoms with Crippen molar-refractivity contribution in [1.29, 1.82) is 0 Å². The van der Waals surface area contributed by atoms with Gasteiger partial charge in [-0.1, -0.05) is 44.0 Å². The van der Waals surface area contributed by atoms with Crippen molar-refractivity contribution in [3.63, 3.8) is 0 Å². The van der Waals surface area contributed by atoms with E-state index in [0.29, 0.717) is 17.5 Å². The molecule has 2 atom stereocenters. The van der Waals surface area contributed by atoms with Crippen LogP contribution in [0.3, 0.4) is 0 Å². The van der Waals surface area contributed by atoms with Crippen LogP contribution in [-0.2, 0) is 14.8 Å². The summed E-state index contributed by atoms with van der Waals surface area (Å²) in [5, 5.41) is 2.84. The van der Waals surface area contributed by atoms with E-state index in [1.807, 2.05) is 6.92 Å². The number of unbranched alkanes of at least 4 members (excludes halogenated alkanes) is 1. The van der Waals surface area contributed by atoms with E-state index in [2.05, 4.69) is 19.8 Å². The smallest absolute Gasteiger partial charge is 0.387 e. The van der Waals surface area contributed by atoms with E-state index in [-0.39, 0.29) is 22.4 Å². The van der Waals surface area contributed by atoms with Crippen LogP contribution in [0.4, 0.5) is 8.78 Å². The Kier molecular flexibility index (Phi) is 7.44. The molecule has 7 nitrogen and oxygen atoms in total. The second-order valence-electron chi connectivity index (χ2n) is 7.42. The summed E-state index contributed by atoms with van der Waals surface area (Å²) in [5.74, 6) is -0.252. The lowest BCUT2D eigenvalue weighted by atomic mass is 10.1. The van der Waals surface area contributed by atoms with Crippen LogP contribution in [0.5, 0.6) is 5.75 Å². The van der Waals surface area contributed by atoms with E-state index in [4.69, 9.17) is 0 Å². The number of aliphatic imine (C=N–C) groups is 1. The third kappa shape index (κ3) is 5.61. The predicted molar refractivity (Wildman–Crippen MR) is 116 cm³/mol. The minimum Gasteiger partial charge on any atom is -0.435 e. The Balaban J connectivity index is 1.81. The van der Waals surface area contributed by atoms with Gasteiger partial charge in [0.05, 0.1) is 10.9 Å². The van der Waals surface area contributed by atoms with Crippen LogP contribution in [0.15, 0.2) is 58.4 Å². The number of amides is 1. The molecule has 2 N–H and O–H groups in total. The maximum absolute atomic E-state index is 13.0. The van der Waals surface area contributed by atoms with Crippen molar-refractivity contribution in [2.75, 3.05) is 0 Å². The summed E-state index contributed by atoms with van der Waals surface area (Å²) < 4.78 is 56.5. The maximum Gasteiger partial charge on any atom is 0.387 e. The molecule has 1 aliphatic heterocycles. The number of hydrogen-bond acceptors (Lipinski definition) is 5. The van der Waals surface area contributed by atoms with E-state index in [1.165, 1.54) is 18.2 Å². The molecule has 32 heavy (non-hydrogen) atoms. The number of ether oxygens (including phenoxy) is 1. The molecule has 2 aromatic carbocycles. The third-order valence-corrected chi connectivity index (χ3v) is 6.42. The monoisotopic (exact) mass is 465 g/mol. The van der Waals surface area contributed by atoms with Crippen molar-refractivity contribution in [2.24, 2.45) is 4.99 Å². The molecule has 3 rings (SSSR count). The predicted octanol–water partition coefficient (Wildman–Crippen LogP) is 3.76. The highest BCUT2D eigenvalue weighted by Gasteiger charge is 2.32. The fraction of sp³-hybridized carbons (Fsp3) is 0.364. The molecule has 0 saturated carbocycles. The van der Waals surface area contributed by atoms with E-state index >= 15 is 0 Å². The highest BCUT2D eigenvalue weighted by atomic mass is 32.2. The number of amidine groups is 1. The van der Waals surface area contributed by atoms with Crippen LogP contribution in [0.2, 0.25) is 0 Å². The van der Waals surface area contributed by atoms with Gasteiger partial charge in [0.1, 0.15) is 17.6 Å². The Labute approximate surface area is 185 Å². The Morgan fingerprint density at radius 1 is 1.19 bits per heavy atom. The number of nitrogens with one attached hydrogen (secondary N) is 2. The fourth-order valence-electron chi connectivity index (χ4n) is 3.39. The van der Waals surface area contributed by atoms with E-state index in [9.17, 15) is 22.0 Å². The zero-order chi connectivity index (χ0) is 23.3. The average molecular weight is 466 g/mol. The van der Waals surface area contributed by atoms with Gasteiger partial charge in [-0.25, -0.2) is 8.42 Å². The van der Waals surface area contributed by atoms with Crippen LogP contribution in [0, 0.1) is 0 Å². The molecule has 172 valence electrons. The second-order valence-corrected chi connectivity index (χ2v) is 9.07. The molecule has 0 fully saturated rings. The van der Waals surface area contributed by atoms with Gasteiger partial charge in [0, 0.05) is 5.56 Å². The molecule has 1 heterocycles. The summed E-state index contributed by atoms with van der Waals surface area (Å²) in [4.78, 5) is 17.6. The molecule has 0 saturated heterocycles. The van der Waals surface area contributed by atoms with Crippen molar-refractivity contribution in [1.82, 2.24) is 10.0 Å². The van der Waals surface area contributed by atoms with Crippen molar-refractivity contribution < 1.29 is 26.7 Å². The first-order chi connectivity index (χ1) is 15.2. The van der Waals surface area contributed by atoms with Crippen LogP contribution >= 0.6 is 0 Å². The van der Waals surface area contributed by atoms with E-state index in [0.717, 1.165) is 12.8 Å². The Morgan fingerprint density at radius 3 is 2.66 bits per heavy atom.